The highest BCUT2D eigenvalue weighted by Crippen LogP contribution is 2.29. The molecule has 1 aromatic carbocycles. The lowest BCUT2D eigenvalue weighted by molar-refractivity contribution is -0.128. The Labute approximate surface area is 227 Å². The number of imidazole rings is 2. The van der Waals surface area contributed by atoms with Crippen LogP contribution in [-0.2, 0) is 17.9 Å². The topological polar surface area (TPSA) is 138 Å². The van der Waals surface area contributed by atoms with Gasteiger partial charge in [0.1, 0.15) is 0 Å². The van der Waals surface area contributed by atoms with Crippen LogP contribution >= 0.6 is 11.3 Å². The van der Waals surface area contributed by atoms with Crippen molar-refractivity contribution in [3.8, 4) is 10.4 Å². The molecule has 0 bridgehead atoms. The number of hydrogen-bond acceptors (Lipinski definition) is 7. The number of nitrogens with one attached hydrogen (secondary N) is 2. The number of aromatic nitrogens is 5. The summed E-state index contributed by atoms with van der Waals surface area (Å²) in [5.74, 6) is -0.0965. The van der Waals surface area contributed by atoms with Crippen molar-refractivity contribution in [3.63, 3.8) is 0 Å². The first-order valence-electron chi connectivity index (χ1n) is 12.4. The van der Waals surface area contributed by atoms with Gasteiger partial charge >= 0.3 is 5.69 Å². The number of fused-ring (bicyclic) bond motifs is 2. The van der Waals surface area contributed by atoms with Crippen molar-refractivity contribution in [1.29, 1.82) is 0 Å². The second kappa shape index (κ2) is 10.1. The highest BCUT2D eigenvalue weighted by Gasteiger charge is 2.21. The second-order valence-electron chi connectivity index (χ2n) is 10.2. The van der Waals surface area contributed by atoms with Gasteiger partial charge in [-0.25, -0.2) is 9.78 Å². The van der Waals surface area contributed by atoms with Gasteiger partial charge in [-0.2, -0.15) is 0 Å². The highest BCUT2D eigenvalue weighted by atomic mass is 32.1. The number of aromatic amines is 1. The molecule has 0 unspecified atom stereocenters. The van der Waals surface area contributed by atoms with Gasteiger partial charge in [-0.3, -0.25) is 24.5 Å². The molecule has 0 aliphatic carbocycles. The van der Waals surface area contributed by atoms with E-state index in [4.69, 9.17) is 0 Å². The molecule has 4 heterocycles. The lowest BCUT2D eigenvalue weighted by atomic mass is 10.1. The number of nitrogens with zero attached hydrogens (tertiary/aromatic N) is 5. The van der Waals surface area contributed by atoms with Gasteiger partial charge < -0.3 is 19.6 Å². The lowest BCUT2D eigenvalue weighted by Crippen LogP contribution is -2.31. The Balaban J connectivity index is 1.54. The van der Waals surface area contributed by atoms with Crippen LogP contribution in [0.5, 0.6) is 0 Å². The number of amides is 2. The number of rotatable bonds is 8. The molecule has 0 aliphatic rings. The molecule has 12 heteroatoms. The molecule has 0 saturated carbocycles. The van der Waals surface area contributed by atoms with E-state index in [1.807, 2.05) is 18.2 Å². The Morgan fingerprint density at radius 2 is 1.85 bits per heavy atom. The average molecular weight is 548 g/mol. The molecule has 0 atom stereocenters. The summed E-state index contributed by atoms with van der Waals surface area (Å²) in [6.07, 6.45) is 3.59. The quantitative estimate of drug-likeness (QED) is 0.273. The number of benzene rings is 1. The van der Waals surface area contributed by atoms with Crippen molar-refractivity contribution in [3.05, 3.63) is 64.2 Å². The zero-order valence-electron chi connectivity index (χ0n) is 22.1. The van der Waals surface area contributed by atoms with E-state index < -0.39 is 5.60 Å². The Morgan fingerprint density at radius 1 is 1.10 bits per heavy atom. The number of thiophene rings is 1. The summed E-state index contributed by atoms with van der Waals surface area (Å²) in [6.45, 7) is 3.62. The van der Waals surface area contributed by atoms with Crippen LogP contribution < -0.4 is 11.0 Å². The fraction of sp³-hybridized carbons (Fsp3) is 0.296. The van der Waals surface area contributed by atoms with E-state index >= 15 is 0 Å². The van der Waals surface area contributed by atoms with E-state index in [9.17, 15) is 19.5 Å². The average Bonchev–Trinajstić information content (AvgIpc) is 3.57. The van der Waals surface area contributed by atoms with E-state index in [1.165, 1.54) is 20.8 Å². The van der Waals surface area contributed by atoms with E-state index in [-0.39, 0.29) is 37.0 Å². The summed E-state index contributed by atoms with van der Waals surface area (Å²) in [6, 6.07) is 10.9. The first kappa shape index (κ1) is 26.3. The van der Waals surface area contributed by atoms with E-state index in [0.29, 0.717) is 32.9 Å². The van der Waals surface area contributed by atoms with Crippen LogP contribution in [0.3, 0.4) is 0 Å². The van der Waals surface area contributed by atoms with E-state index in [2.05, 4.69) is 20.3 Å². The lowest BCUT2D eigenvalue weighted by Gasteiger charge is -2.17. The summed E-state index contributed by atoms with van der Waals surface area (Å²) >= 11 is 1.36. The largest absolute Gasteiger partial charge is 0.389 e. The molecule has 3 N–H and O–H groups in total. The zero-order chi connectivity index (χ0) is 27.9. The first-order chi connectivity index (χ1) is 18.5. The third-order valence-electron chi connectivity index (χ3n) is 6.26. The summed E-state index contributed by atoms with van der Waals surface area (Å²) in [5, 5.41) is 13.3. The first-order valence-corrected chi connectivity index (χ1v) is 13.2. The monoisotopic (exact) mass is 547 g/mol. The van der Waals surface area contributed by atoms with Crippen LogP contribution in [0.4, 0.5) is 5.95 Å². The molecule has 0 radical (unpaired) electrons. The Morgan fingerprint density at radius 3 is 2.54 bits per heavy atom. The fourth-order valence-corrected chi connectivity index (χ4v) is 5.27. The fourth-order valence-electron chi connectivity index (χ4n) is 4.37. The van der Waals surface area contributed by atoms with E-state index in [0.717, 1.165) is 10.4 Å². The van der Waals surface area contributed by atoms with Crippen LogP contribution in [0.2, 0.25) is 0 Å². The molecule has 0 aliphatic heterocycles. The van der Waals surface area contributed by atoms with Gasteiger partial charge in [0, 0.05) is 44.3 Å². The normalized spacial score (nSPS) is 11.8. The third kappa shape index (κ3) is 5.47. The predicted octanol–water partition coefficient (Wildman–Crippen LogP) is 3.30. The maximum Gasteiger partial charge on any atom is 0.326 e. The van der Waals surface area contributed by atoms with Gasteiger partial charge in [0.25, 0.3) is 5.91 Å². The summed E-state index contributed by atoms with van der Waals surface area (Å²) in [5.41, 5.74) is 1.87. The minimum absolute atomic E-state index is 0.0731. The van der Waals surface area contributed by atoms with Gasteiger partial charge in [-0.15, -0.1) is 11.3 Å². The van der Waals surface area contributed by atoms with E-state index in [1.54, 1.807) is 63.1 Å². The number of H-pyrrole nitrogens is 1. The number of carbonyl (C=O) groups excluding carboxylic acids is 2. The molecule has 0 saturated heterocycles. The second-order valence-corrected chi connectivity index (χ2v) is 11.2. The minimum Gasteiger partial charge on any atom is -0.389 e. The molecule has 4 aromatic heterocycles. The van der Waals surface area contributed by atoms with Crippen molar-refractivity contribution < 1.29 is 14.7 Å². The number of aryl methyl sites for hydroxylation is 1. The van der Waals surface area contributed by atoms with Crippen molar-refractivity contribution >= 4 is 51.2 Å². The summed E-state index contributed by atoms with van der Waals surface area (Å²) in [7, 11) is 3.37. The van der Waals surface area contributed by atoms with Gasteiger partial charge in [0.2, 0.25) is 11.9 Å². The van der Waals surface area contributed by atoms with Gasteiger partial charge in [0.15, 0.2) is 0 Å². The Bertz CT molecular complexity index is 1740. The van der Waals surface area contributed by atoms with Crippen LogP contribution in [0.1, 0.15) is 29.9 Å². The molecule has 2 amide bonds. The van der Waals surface area contributed by atoms with Crippen molar-refractivity contribution in [2.75, 3.05) is 19.4 Å². The summed E-state index contributed by atoms with van der Waals surface area (Å²) < 4.78 is 3.25. The number of carbonyl (C=O) groups is 2. The number of aliphatic hydroxyl groups is 1. The SMILES string of the molecule is CN(C)C(=O)CCn1c(NC(=O)c2ccc(-c3ccncc3)s2)nc2cc3[nH]c(=O)n(CC(C)(C)O)c3cc21. The molecule has 0 spiro atoms. The molecule has 0 fully saturated rings. The van der Waals surface area contributed by atoms with Crippen molar-refractivity contribution in [2.24, 2.45) is 0 Å². The van der Waals surface area contributed by atoms with Crippen LogP contribution in [0.15, 0.2) is 53.6 Å². The van der Waals surface area contributed by atoms with Crippen molar-refractivity contribution in [1.82, 2.24) is 29.0 Å². The minimum atomic E-state index is -1.11. The number of pyridine rings is 1. The van der Waals surface area contributed by atoms with Crippen molar-refractivity contribution in [2.45, 2.75) is 39.0 Å². The Kier molecular flexibility index (Phi) is 6.83. The van der Waals surface area contributed by atoms with Crippen LogP contribution in [0.25, 0.3) is 32.5 Å². The maximum absolute atomic E-state index is 13.3. The van der Waals surface area contributed by atoms with Gasteiger partial charge in [-0.1, -0.05) is 0 Å². The number of anilines is 1. The van der Waals surface area contributed by atoms with Crippen LogP contribution in [0, 0.1) is 0 Å². The highest BCUT2D eigenvalue weighted by molar-refractivity contribution is 7.17. The molecular formula is C27H29N7O4S. The van der Waals surface area contributed by atoms with Gasteiger partial charge in [-0.05, 0) is 55.8 Å². The molecule has 11 nitrogen and oxygen atoms in total. The molecule has 39 heavy (non-hydrogen) atoms. The number of hydrogen-bond donors (Lipinski definition) is 3. The van der Waals surface area contributed by atoms with Crippen LogP contribution in [-0.4, -0.2) is 65.6 Å². The smallest absolute Gasteiger partial charge is 0.326 e. The maximum atomic E-state index is 13.3. The molecule has 5 aromatic rings. The third-order valence-corrected chi connectivity index (χ3v) is 7.39. The molecule has 202 valence electrons. The van der Waals surface area contributed by atoms with Gasteiger partial charge in [0.05, 0.1) is 39.1 Å². The summed E-state index contributed by atoms with van der Waals surface area (Å²) in [4.78, 5) is 52.8. The standard InChI is InChI=1S/C27H29N7O4S/c1-27(2,38)15-34-20-14-19-17(13-18(20)30-26(34)37)29-25(33(19)12-9-23(35)32(3)4)31-24(36)22-6-5-21(39-22)16-7-10-28-11-8-16/h5-8,10-11,13-14,38H,9,12,15H2,1-4H3,(H,30,37)(H,29,31,36). The molecule has 5 rings (SSSR count). The molecular weight excluding hydrogens is 518 g/mol. The Hall–Kier alpha value is -4.29. The predicted molar refractivity (Wildman–Crippen MR) is 151 cm³/mol. The zero-order valence-corrected chi connectivity index (χ0v) is 22.9.